The van der Waals surface area contributed by atoms with Gasteiger partial charge in [0, 0.05) is 12.6 Å². The summed E-state index contributed by atoms with van der Waals surface area (Å²) in [5.41, 5.74) is 0. The van der Waals surface area contributed by atoms with Crippen LogP contribution in [-0.2, 0) is 9.59 Å². The summed E-state index contributed by atoms with van der Waals surface area (Å²) < 4.78 is 0. The van der Waals surface area contributed by atoms with E-state index in [0.717, 1.165) is 0 Å². The van der Waals surface area contributed by atoms with Gasteiger partial charge in [-0.05, 0) is 19.9 Å². The normalized spacial score (nSPS) is 11.8. The third-order valence-corrected chi connectivity index (χ3v) is 1.80. The Hall–Kier alpha value is -1.32. The van der Waals surface area contributed by atoms with Gasteiger partial charge in [0.05, 0.1) is 6.42 Å². The number of hydrogen-bond donors (Lipinski definition) is 1. The Morgan fingerprint density at radius 1 is 1.62 bits per heavy atom. The van der Waals surface area contributed by atoms with Crippen LogP contribution in [0.2, 0.25) is 0 Å². The second-order valence-corrected chi connectivity index (χ2v) is 2.78. The van der Waals surface area contributed by atoms with Gasteiger partial charge in [0.2, 0.25) is 5.91 Å². The fraction of sp³-hybridized carbons (Fsp3) is 0.556. The number of likely N-dealkylation sites (N-methyl/N-ethyl adjacent to an activating group) is 1. The van der Waals surface area contributed by atoms with E-state index in [4.69, 9.17) is 5.11 Å². The first-order valence-corrected chi connectivity index (χ1v) is 4.17. The van der Waals surface area contributed by atoms with Crippen molar-refractivity contribution in [2.75, 3.05) is 6.54 Å². The summed E-state index contributed by atoms with van der Waals surface area (Å²) in [6.45, 7) is 7.36. The van der Waals surface area contributed by atoms with Gasteiger partial charge in [-0.2, -0.15) is 0 Å². The molecule has 0 aromatic heterocycles. The molecule has 4 heteroatoms. The van der Waals surface area contributed by atoms with Gasteiger partial charge < -0.3 is 10.0 Å². The van der Waals surface area contributed by atoms with E-state index in [1.54, 1.807) is 13.8 Å². The molecular weight excluding hydrogens is 170 g/mol. The number of aliphatic carboxylic acids is 1. The SMILES string of the molecule is C=CC(=O)N(CC)C(C)CC(=O)O. The lowest BCUT2D eigenvalue weighted by molar-refractivity contribution is -0.139. The molecule has 0 aromatic rings. The van der Waals surface area contributed by atoms with Crippen LogP contribution in [0.15, 0.2) is 12.7 Å². The second kappa shape index (κ2) is 5.35. The molecule has 13 heavy (non-hydrogen) atoms. The highest BCUT2D eigenvalue weighted by molar-refractivity contribution is 5.87. The molecule has 0 aliphatic heterocycles. The summed E-state index contributed by atoms with van der Waals surface area (Å²) in [6, 6.07) is -0.284. The Labute approximate surface area is 77.8 Å². The number of rotatable bonds is 5. The first-order valence-electron chi connectivity index (χ1n) is 4.17. The van der Waals surface area contributed by atoms with Crippen LogP contribution >= 0.6 is 0 Å². The number of nitrogens with zero attached hydrogens (tertiary/aromatic N) is 1. The number of carboxylic acids is 1. The fourth-order valence-corrected chi connectivity index (χ4v) is 1.16. The highest BCUT2D eigenvalue weighted by atomic mass is 16.4. The molecule has 4 nitrogen and oxygen atoms in total. The zero-order chi connectivity index (χ0) is 10.4. The Morgan fingerprint density at radius 2 is 2.15 bits per heavy atom. The zero-order valence-electron chi connectivity index (χ0n) is 7.99. The number of amides is 1. The molecule has 0 aromatic carbocycles. The number of hydrogen-bond acceptors (Lipinski definition) is 2. The van der Waals surface area contributed by atoms with Crippen LogP contribution in [0.3, 0.4) is 0 Å². The smallest absolute Gasteiger partial charge is 0.305 e. The van der Waals surface area contributed by atoms with Crippen molar-refractivity contribution in [3.63, 3.8) is 0 Å². The van der Waals surface area contributed by atoms with Gasteiger partial charge in [-0.1, -0.05) is 6.58 Å². The monoisotopic (exact) mass is 185 g/mol. The van der Waals surface area contributed by atoms with Gasteiger partial charge in [-0.25, -0.2) is 0 Å². The Kier molecular flexibility index (Phi) is 4.80. The number of carboxylic acid groups (broad SMARTS) is 1. The van der Waals surface area contributed by atoms with Gasteiger partial charge in [-0.3, -0.25) is 9.59 Å². The summed E-state index contributed by atoms with van der Waals surface area (Å²) in [5, 5.41) is 8.52. The predicted molar refractivity (Wildman–Crippen MR) is 49.3 cm³/mol. The summed E-state index contributed by atoms with van der Waals surface area (Å²) in [5.74, 6) is -1.13. The molecule has 0 aliphatic carbocycles. The summed E-state index contributed by atoms with van der Waals surface area (Å²) in [6.07, 6.45) is 1.16. The molecule has 1 N–H and O–H groups in total. The topological polar surface area (TPSA) is 57.6 Å². The van der Waals surface area contributed by atoms with E-state index in [-0.39, 0.29) is 18.4 Å². The Morgan fingerprint density at radius 3 is 2.46 bits per heavy atom. The number of carbonyl (C=O) groups excluding carboxylic acids is 1. The lowest BCUT2D eigenvalue weighted by atomic mass is 10.2. The van der Waals surface area contributed by atoms with E-state index >= 15 is 0 Å². The molecule has 0 saturated carbocycles. The zero-order valence-corrected chi connectivity index (χ0v) is 7.99. The van der Waals surface area contributed by atoms with Crippen LogP contribution < -0.4 is 0 Å². The molecule has 0 spiro atoms. The highest BCUT2D eigenvalue weighted by Crippen LogP contribution is 2.04. The van der Waals surface area contributed by atoms with Crippen LogP contribution in [0.5, 0.6) is 0 Å². The van der Waals surface area contributed by atoms with Gasteiger partial charge in [-0.15, -0.1) is 0 Å². The van der Waals surface area contributed by atoms with Crippen molar-refractivity contribution in [3.8, 4) is 0 Å². The van der Waals surface area contributed by atoms with Crippen LogP contribution in [-0.4, -0.2) is 34.5 Å². The van der Waals surface area contributed by atoms with Crippen LogP contribution in [0.1, 0.15) is 20.3 Å². The lowest BCUT2D eigenvalue weighted by Gasteiger charge is -2.25. The number of carbonyl (C=O) groups is 2. The Bertz CT molecular complexity index is 213. The molecule has 74 valence electrons. The van der Waals surface area contributed by atoms with Crippen molar-refractivity contribution < 1.29 is 14.7 Å². The third kappa shape index (κ3) is 3.73. The second-order valence-electron chi connectivity index (χ2n) is 2.78. The third-order valence-electron chi connectivity index (χ3n) is 1.80. The van der Waals surface area contributed by atoms with Crippen molar-refractivity contribution in [2.24, 2.45) is 0 Å². The molecular formula is C9H15NO3. The maximum atomic E-state index is 11.2. The maximum Gasteiger partial charge on any atom is 0.305 e. The van der Waals surface area contributed by atoms with Crippen molar-refractivity contribution in [3.05, 3.63) is 12.7 Å². The van der Waals surface area contributed by atoms with Gasteiger partial charge in [0.15, 0.2) is 0 Å². The van der Waals surface area contributed by atoms with Crippen LogP contribution in [0, 0.1) is 0 Å². The van der Waals surface area contributed by atoms with Crippen molar-refractivity contribution in [2.45, 2.75) is 26.3 Å². The molecule has 0 rings (SSSR count). The van der Waals surface area contributed by atoms with E-state index in [1.807, 2.05) is 0 Å². The van der Waals surface area contributed by atoms with Crippen LogP contribution in [0.4, 0.5) is 0 Å². The molecule has 1 atom stereocenters. The summed E-state index contributed by atoms with van der Waals surface area (Å²) >= 11 is 0. The average molecular weight is 185 g/mol. The summed E-state index contributed by atoms with van der Waals surface area (Å²) in [7, 11) is 0. The molecule has 0 aliphatic rings. The minimum absolute atomic E-state index is 0.0343. The molecule has 0 radical (unpaired) electrons. The summed E-state index contributed by atoms with van der Waals surface area (Å²) in [4.78, 5) is 23.0. The first kappa shape index (κ1) is 11.7. The van der Waals surface area contributed by atoms with Crippen molar-refractivity contribution in [1.82, 2.24) is 4.90 Å². The van der Waals surface area contributed by atoms with E-state index in [0.29, 0.717) is 6.54 Å². The van der Waals surface area contributed by atoms with Gasteiger partial charge in [0.1, 0.15) is 0 Å². The van der Waals surface area contributed by atoms with Crippen molar-refractivity contribution >= 4 is 11.9 Å². The minimum atomic E-state index is -0.900. The lowest BCUT2D eigenvalue weighted by Crippen LogP contribution is -2.38. The minimum Gasteiger partial charge on any atom is -0.481 e. The molecule has 1 unspecified atom stereocenters. The highest BCUT2D eigenvalue weighted by Gasteiger charge is 2.18. The van der Waals surface area contributed by atoms with Crippen molar-refractivity contribution in [1.29, 1.82) is 0 Å². The molecule has 1 amide bonds. The maximum absolute atomic E-state index is 11.2. The average Bonchev–Trinajstić information content (AvgIpc) is 2.03. The largest absolute Gasteiger partial charge is 0.481 e. The Balaban J connectivity index is 4.30. The van der Waals surface area contributed by atoms with Gasteiger partial charge in [0.25, 0.3) is 0 Å². The van der Waals surface area contributed by atoms with E-state index < -0.39 is 5.97 Å². The fourth-order valence-electron chi connectivity index (χ4n) is 1.16. The molecule has 0 fully saturated rings. The first-order chi connectivity index (χ1) is 6.02. The van der Waals surface area contributed by atoms with E-state index in [2.05, 4.69) is 6.58 Å². The predicted octanol–water partition coefficient (Wildman–Crippen LogP) is 0.884. The molecule has 0 saturated heterocycles. The van der Waals surface area contributed by atoms with Crippen LogP contribution in [0.25, 0.3) is 0 Å². The van der Waals surface area contributed by atoms with Gasteiger partial charge >= 0.3 is 5.97 Å². The molecule has 0 heterocycles. The quantitative estimate of drug-likeness (QED) is 0.647. The van der Waals surface area contributed by atoms with E-state index in [9.17, 15) is 9.59 Å². The standard InChI is InChI=1S/C9H15NO3/c1-4-8(11)10(5-2)7(3)6-9(12)13/h4,7H,1,5-6H2,2-3H3,(H,12,13). The molecule has 0 bridgehead atoms. The van der Waals surface area contributed by atoms with E-state index in [1.165, 1.54) is 11.0 Å².